The average molecular weight is 330 g/mol. The molecule has 1 aliphatic carbocycles. The third-order valence-electron chi connectivity index (χ3n) is 4.24. The highest BCUT2D eigenvalue weighted by molar-refractivity contribution is 6.31. The first-order valence-corrected chi connectivity index (χ1v) is 7.82. The van der Waals surface area contributed by atoms with Crippen LogP contribution in [0, 0.1) is 0 Å². The van der Waals surface area contributed by atoms with Gasteiger partial charge in [-0.2, -0.15) is 5.10 Å². The van der Waals surface area contributed by atoms with Crippen molar-refractivity contribution in [2.75, 3.05) is 5.32 Å². The van der Waals surface area contributed by atoms with Gasteiger partial charge in [0.05, 0.1) is 5.39 Å². The second-order valence-corrected chi connectivity index (χ2v) is 5.93. The zero-order chi connectivity index (χ0) is 17.1. The molecule has 8 nitrogen and oxygen atoms in total. The van der Waals surface area contributed by atoms with Crippen LogP contribution >= 0.6 is 0 Å². The van der Waals surface area contributed by atoms with E-state index in [1.54, 1.807) is 12.1 Å². The molecule has 24 heavy (non-hydrogen) atoms. The van der Waals surface area contributed by atoms with Gasteiger partial charge in [-0.15, -0.1) is 0 Å². The van der Waals surface area contributed by atoms with Crippen molar-refractivity contribution >= 4 is 28.5 Å². The third kappa shape index (κ3) is 3.37. The van der Waals surface area contributed by atoms with Crippen LogP contribution in [0.1, 0.15) is 25.7 Å². The van der Waals surface area contributed by atoms with Gasteiger partial charge >= 0.3 is 11.9 Å². The first-order valence-electron chi connectivity index (χ1n) is 7.82. The van der Waals surface area contributed by atoms with Gasteiger partial charge in [-0.05, 0) is 31.7 Å². The van der Waals surface area contributed by atoms with Crippen LogP contribution in [0.4, 0.5) is 5.82 Å². The lowest BCUT2D eigenvalue weighted by Crippen LogP contribution is -2.44. The molecule has 8 heteroatoms. The second-order valence-electron chi connectivity index (χ2n) is 5.93. The number of carboxylic acids is 1. The zero-order valence-corrected chi connectivity index (χ0v) is 12.9. The van der Waals surface area contributed by atoms with Crippen molar-refractivity contribution in [3.63, 3.8) is 0 Å². The Labute approximate surface area is 137 Å². The van der Waals surface area contributed by atoms with Gasteiger partial charge in [0.2, 0.25) is 0 Å². The molecule has 1 fully saturated rings. The maximum absolute atomic E-state index is 11.8. The number of hydrogen-bond acceptors (Lipinski definition) is 5. The van der Waals surface area contributed by atoms with E-state index >= 15 is 0 Å². The number of amides is 1. The smallest absolute Gasteiger partial charge is 0.394 e. The van der Waals surface area contributed by atoms with Crippen LogP contribution < -0.4 is 16.2 Å². The van der Waals surface area contributed by atoms with Crippen LogP contribution in [0.25, 0.3) is 10.8 Å². The third-order valence-corrected chi connectivity index (χ3v) is 4.24. The Balaban J connectivity index is 1.74. The lowest BCUT2D eigenvalue weighted by molar-refractivity contribution is -0.150. The monoisotopic (exact) mass is 330 g/mol. The number of nitrogens with zero attached hydrogens (tertiary/aromatic N) is 1. The van der Waals surface area contributed by atoms with Crippen LogP contribution in [0.5, 0.6) is 0 Å². The summed E-state index contributed by atoms with van der Waals surface area (Å²) in [5.74, 6) is -1.87. The number of fused-ring (bicyclic) bond motifs is 1. The van der Waals surface area contributed by atoms with E-state index in [1.807, 2.05) is 12.1 Å². The molecule has 2 unspecified atom stereocenters. The summed E-state index contributed by atoms with van der Waals surface area (Å²) < 4.78 is 0. The quantitative estimate of drug-likeness (QED) is 0.618. The van der Waals surface area contributed by atoms with E-state index in [1.165, 1.54) is 0 Å². The van der Waals surface area contributed by atoms with Crippen LogP contribution in [-0.2, 0) is 9.59 Å². The molecule has 1 heterocycles. The van der Waals surface area contributed by atoms with E-state index < -0.39 is 11.9 Å². The van der Waals surface area contributed by atoms with E-state index in [2.05, 4.69) is 20.8 Å². The number of benzene rings is 1. The fourth-order valence-corrected chi connectivity index (χ4v) is 3.12. The van der Waals surface area contributed by atoms with Gasteiger partial charge in [-0.1, -0.05) is 18.2 Å². The molecule has 0 spiro atoms. The Morgan fingerprint density at radius 2 is 1.88 bits per heavy atom. The van der Waals surface area contributed by atoms with Crippen molar-refractivity contribution < 1.29 is 14.7 Å². The van der Waals surface area contributed by atoms with Crippen molar-refractivity contribution in [1.82, 2.24) is 15.5 Å². The molecule has 0 aliphatic heterocycles. The predicted octanol–water partition coefficient (Wildman–Crippen LogP) is 0.847. The van der Waals surface area contributed by atoms with Gasteiger partial charge in [-0.3, -0.25) is 9.59 Å². The van der Waals surface area contributed by atoms with E-state index in [4.69, 9.17) is 5.11 Å². The van der Waals surface area contributed by atoms with Gasteiger partial charge in [0, 0.05) is 17.5 Å². The SMILES string of the molecule is O=C(O)C(=O)NC1CCCC(Nc2n[nH]c(=O)c3ccccc23)C1. The van der Waals surface area contributed by atoms with Crippen LogP contribution in [0.3, 0.4) is 0 Å². The largest absolute Gasteiger partial charge is 0.474 e. The molecule has 1 aromatic heterocycles. The molecule has 1 amide bonds. The Bertz CT molecular complexity index is 832. The minimum atomic E-state index is -1.47. The van der Waals surface area contributed by atoms with E-state index in [-0.39, 0.29) is 17.6 Å². The van der Waals surface area contributed by atoms with Crippen LogP contribution in [0.15, 0.2) is 29.1 Å². The molecule has 2 aromatic rings. The van der Waals surface area contributed by atoms with Gasteiger partial charge in [0.15, 0.2) is 5.82 Å². The maximum atomic E-state index is 11.8. The fraction of sp³-hybridized carbons (Fsp3) is 0.375. The lowest BCUT2D eigenvalue weighted by Gasteiger charge is -2.30. The molecule has 0 bridgehead atoms. The number of aromatic nitrogens is 2. The van der Waals surface area contributed by atoms with E-state index in [0.29, 0.717) is 17.6 Å². The molecule has 1 saturated carbocycles. The highest BCUT2D eigenvalue weighted by atomic mass is 16.4. The van der Waals surface area contributed by atoms with Crippen LogP contribution in [0.2, 0.25) is 0 Å². The molecule has 1 aliphatic rings. The first kappa shape index (κ1) is 16.0. The maximum Gasteiger partial charge on any atom is 0.394 e. The highest BCUT2D eigenvalue weighted by Gasteiger charge is 2.25. The molecule has 3 rings (SSSR count). The average Bonchev–Trinajstić information content (AvgIpc) is 2.58. The molecule has 126 valence electrons. The molecular weight excluding hydrogens is 312 g/mol. The summed E-state index contributed by atoms with van der Waals surface area (Å²) in [6.07, 6.45) is 3.10. The van der Waals surface area contributed by atoms with Crippen molar-refractivity contribution in [2.24, 2.45) is 0 Å². The molecule has 4 N–H and O–H groups in total. The molecule has 0 radical (unpaired) electrons. The summed E-state index contributed by atoms with van der Waals surface area (Å²) in [6, 6.07) is 7.04. The predicted molar refractivity (Wildman–Crippen MR) is 87.8 cm³/mol. The van der Waals surface area contributed by atoms with Crippen molar-refractivity contribution in [3.05, 3.63) is 34.6 Å². The minimum absolute atomic E-state index is 0.0413. The lowest BCUT2D eigenvalue weighted by atomic mass is 9.91. The number of carbonyl (C=O) groups is 2. The van der Waals surface area contributed by atoms with Gasteiger partial charge in [-0.25, -0.2) is 9.89 Å². The zero-order valence-electron chi connectivity index (χ0n) is 12.9. The Kier molecular flexibility index (Phi) is 4.45. The van der Waals surface area contributed by atoms with E-state index in [0.717, 1.165) is 24.6 Å². The Morgan fingerprint density at radius 1 is 1.17 bits per heavy atom. The molecule has 0 saturated heterocycles. The second kappa shape index (κ2) is 6.69. The molecule has 2 atom stereocenters. The topological polar surface area (TPSA) is 124 Å². The molecular formula is C16H18N4O4. The summed E-state index contributed by atoms with van der Waals surface area (Å²) in [4.78, 5) is 33.8. The number of aromatic amines is 1. The Morgan fingerprint density at radius 3 is 2.62 bits per heavy atom. The number of aliphatic carboxylic acids is 1. The highest BCUT2D eigenvalue weighted by Crippen LogP contribution is 2.24. The summed E-state index contributed by atoms with van der Waals surface area (Å²) in [7, 11) is 0. The summed E-state index contributed by atoms with van der Waals surface area (Å²) in [5, 5.41) is 22.4. The van der Waals surface area contributed by atoms with Gasteiger partial charge in [0.25, 0.3) is 5.56 Å². The van der Waals surface area contributed by atoms with Gasteiger partial charge < -0.3 is 15.7 Å². The number of carbonyl (C=O) groups excluding carboxylic acids is 1. The summed E-state index contributed by atoms with van der Waals surface area (Å²) in [5.41, 5.74) is -0.244. The number of rotatable bonds is 3. The summed E-state index contributed by atoms with van der Waals surface area (Å²) in [6.45, 7) is 0. The number of nitrogens with one attached hydrogen (secondary N) is 3. The molecule has 1 aromatic carbocycles. The normalized spacial score (nSPS) is 20.5. The number of carboxylic acid groups (broad SMARTS) is 1. The first-order chi connectivity index (χ1) is 11.5. The number of hydrogen-bond donors (Lipinski definition) is 4. The van der Waals surface area contributed by atoms with Crippen molar-refractivity contribution in [2.45, 2.75) is 37.8 Å². The Hall–Kier alpha value is -2.90. The minimum Gasteiger partial charge on any atom is -0.474 e. The van der Waals surface area contributed by atoms with Crippen molar-refractivity contribution in [3.8, 4) is 0 Å². The standard InChI is InChI=1S/C16H18N4O4/c21-14-12-7-2-1-6-11(12)13(19-20-14)17-9-4-3-5-10(8-9)18-15(22)16(23)24/h1-2,6-7,9-10H,3-5,8H2,(H,17,19)(H,18,22)(H,20,21)(H,23,24). The number of H-pyrrole nitrogens is 1. The van der Waals surface area contributed by atoms with Crippen molar-refractivity contribution in [1.29, 1.82) is 0 Å². The number of anilines is 1. The van der Waals surface area contributed by atoms with Gasteiger partial charge in [0.1, 0.15) is 0 Å². The summed E-state index contributed by atoms with van der Waals surface area (Å²) >= 11 is 0. The van der Waals surface area contributed by atoms with E-state index in [9.17, 15) is 14.4 Å². The van der Waals surface area contributed by atoms with Crippen LogP contribution in [-0.4, -0.2) is 39.3 Å². The fourth-order valence-electron chi connectivity index (χ4n) is 3.12.